The topological polar surface area (TPSA) is 71.4 Å². The molecule has 2 fully saturated rings. The van der Waals surface area contributed by atoms with Gasteiger partial charge in [0.1, 0.15) is 6.54 Å². The summed E-state index contributed by atoms with van der Waals surface area (Å²) >= 11 is 0. The van der Waals surface area contributed by atoms with E-state index >= 15 is 0 Å². The van der Waals surface area contributed by atoms with E-state index in [0.717, 1.165) is 19.4 Å². The van der Waals surface area contributed by atoms with Gasteiger partial charge in [-0.15, -0.1) is 0 Å². The van der Waals surface area contributed by atoms with E-state index in [1.54, 1.807) is 0 Å². The zero-order valence-corrected chi connectivity index (χ0v) is 15.6. The Balaban J connectivity index is 1.12. The highest BCUT2D eigenvalue weighted by molar-refractivity contribution is 6.08. The second-order valence-corrected chi connectivity index (χ2v) is 8.03. The number of allylic oxidation sites excluding steroid dienone is 2. The maximum atomic E-state index is 12.6. The van der Waals surface area contributed by atoms with Crippen LogP contribution in [0, 0.1) is 23.7 Å². The molecule has 0 radical (unpaired) electrons. The molecule has 1 N–H and O–H groups in total. The number of amides is 3. The van der Waals surface area contributed by atoms with Gasteiger partial charge in [0.2, 0.25) is 17.7 Å². The first-order valence-electron chi connectivity index (χ1n) is 9.97. The third kappa shape index (κ3) is 2.66. The van der Waals surface area contributed by atoms with Crippen molar-refractivity contribution in [1.29, 1.82) is 0 Å². The molecule has 4 unspecified atom stereocenters. The van der Waals surface area contributed by atoms with Gasteiger partial charge in [-0.1, -0.05) is 30.4 Å². The fourth-order valence-corrected chi connectivity index (χ4v) is 5.13. The number of aromatic nitrogens is 1. The number of nitrogens with one attached hydrogen (secondary N) is 1. The van der Waals surface area contributed by atoms with Crippen molar-refractivity contribution < 1.29 is 14.4 Å². The van der Waals surface area contributed by atoms with Crippen molar-refractivity contribution in [2.24, 2.45) is 23.7 Å². The Morgan fingerprint density at radius 2 is 1.75 bits per heavy atom. The van der Waals surface area contributed by atoms with E-state index < -0.39 is 0 Å². The molecule has 1 aromatic heterocycles. The van der Waals surface area contributed by atoms with Gasteiger partial charge in [0.05, 0.1) is 11.8 Å². The molecule has 2 aromatic rings. The van der Waals surface area contributed by atoms with E-state index in [1.807, 2.05) is 12.1 Å². The molecule has 1 saturated heterocycles. The van der Waals surface area contributed by atoms with Gasteiger partial charge in [-0.25, -0.2) is 0 Å². The Kier molecular flexibility index (Phi) is 4.07. The molecule has 1 aromatic carbocycles. The van der Waals surface area contributed by atoms with Crippen molar-refractivity contribution in [3.63, 3.8) is 0 Å². The Morgan fingerprint density at radius 1 is 1.04 bits per heavy atom. The number of likely N-dealkylation sites (tertiary alicyclic amines) is 1. The molecule has 6 nitrogen and oxygen atoms in total. The minimum Gasteiger partial charge on any atom is -0.354 e. The van der Waals surface area contributed by atoms with Gasteiger partial charge in [0.15, 0.2) is 0 Å². The molecule has 3 amide bonds. The number of nitrogens with zero attached hydrogens (tertiary/aromatic N) is 2. The zero-order chi connectivity index (χ0) is 19.3. The molecule has 6 heteroatoms. The Hall–Kier alpha value is -2.89. The lowest BCUT2D eigenvalue weighted by atomic mass is 9.85. The monoisotopic (exact) mass is 377 g/mol. The summed E-state index contributed by atoms with van der Waals surface area (Å²) in [6, 6.07) is 10.3. The van der Waals surface area contributed by atoms with E-state index in [2.05, 4.69) is 46.4 Å². The Labute approximate surface area is 163 Å². The van der Waals surface area contributed by atoms with Crippen LogP contribution >= 0.6 is 0 Å². The van der Waals surface area contributed by atoms with Crippen LogP contribution in [0.2, 0.25) is 0 Å². The number of hydrogen-bond acceptors (Lipinski definition) is 3. The van der Waals surface area contributed by atoms with Crippen molar-refractivity contribution >= 4 is 28.6 Å². The number of carbonyl (C=O) groups is 3. The molecule has 3 aliphatic rings. The number of carbonyl (C=O) groups excluding carboxylic acids is 3. The van der Waals surface area contributed by atoms with Gasteiger partial charge in [-0.05, 0) is 42.2 Å². The van der Waals surface area contributed by atoms with Crippen molar-refractivity contribution in [3.05, 3.63) is 48.7 Å². The first kappa shape index (κ1) is 17.2. The zero-order valence-electron chi connectivity index (χ0n) is 15.6. The predicted octanol–water partition coefficient (Wildman–Crippen LogP) is 1.95. The molecule has 28 heavy (non-hydrogen) atoms. The molecule has 5 rings (SSSR count). The molecule has 144 valence electrons. The highest BCUT2D eigenvalue weighted by atomic mass is 16.2. The SMILES string of the molecule is O=C(CN1C(=O)C2C3C=CC(C3)C2C1=O)NCCCn1ccc2ccccc21. The predicted molar refractivity (Wildman–Crippen MR) is 104 cm³/mol. The molecule has 2 heterocycles. The van der Waals surface area contributed by atoms with Crippen LogP contribution in [0.1, 0.15) is 12.8 Å². The number of fused-ring (bicyclic) bond motifs is 6. The maximum Gasteiger partial charge on any atom is 0.240 e. The largest absolute Gasteiger partial charge is 0.354 e. The fourth-order valence-electron chi connectivity index (χ4n) is 5.13. The number of hydrogen-bond donors (Lipinski definition) is 1. The van der Waals surface area contributed by atoms with Crippen molar-refractivity contribution in [2.75, 3.05) is 13.1 Å². The third-order valence-corrected chi connectivity index (χ3v) is 6.44. The molecule has 1 aliphatic heterocycles. The minimum absolute atomic E-state index is 0.156. The summed E-state index contributed by atoms with van der Waals surface area (Å²) in [4.78, 5) is 38.7. The quantitative estimate of drug-likeness (QED) is 0.475. The average molecular weight is 377 g/mol. The lowest BCUT2D eigenvalue weighted by molar-refractivity contribution is -0.144. The van der Waals surface area contributed by atoms with E-state index in [1.165, 1.54) is 15.8 Å². The summed E-state index contributed by atoms with van der Waals surface area (Å²) in [5, 5.41) is 4.05. The lowest BCUT2D eigenvalue weighted by Gasteiger charge is -2.16. The van der Waals surface area contributed by atoms with Crippen LogP contribution in [0.25, 0.3) is 10.9 Å². The first-order valence-corrected chi connectivity index (χ1v) is 9.97. The van der Waals surface area contributed by atoms with Gasteiger partial charge < -0.3 is 9.88 Å². The van der Waals surface area contributed by atoms with E-state index in [9.17, 15) is 14.4 Å². The minimum atomic E-state index is -0.264. The standard InChI is InChI=1S/C22H23N3O3/c26-18(23-9-3-10-24-11-8-14-4-1-2-5-17(14)24)13-25-21(27)19-15-6-7-16(12-15)20(19)22(25)28/h1-2,4-8,11,15-16,19-20H,3,9-10,12-13H2,(H,23,26). The van der Waals surface area contributed by atoms with Crippen LogP contribution in [0.5, 0.6) is 0 Å². The normalized spacial score (nSPS) is 27.8. The van der Waals surface area contributed by atoms with Crippen LogP contribution in [0.4, 0.5) is 0 Å². The summed E-state index contributed by atoms with van der Waals surface area (Å²) in [6.07, 6.45) is 7.86. The van der Waals surface area contributed by atoms with E-state index in [4.69, 9.17) is 0 Å². The second kappa shape index (κ2) is 6.62. The smallest absolute Gasteiger partial charge is 0.240 e. The number of rotatable bonds is 6. The maximum absolute atomic E-state index is 12.6. The van der Waals surface area contributed by atoms with Crippen LogP contribution < -0.4 is 5.32 Å². The third-order valence-electron chi connectivity index (χ3n) is 6.44. The Morgan fingerprint density at radius 3 is 2.50 bits per heavy atom. The van der Waals surface area contributed by atoms with Crippen LogP contribution in [-0.4, -0.2) is 40.3 Å². The molecule has 1 saturated carbocycles. The van der Waals surface area contributed by atoms with Crippen LogP contribution in [0.15, 0.2) is 48.7 Å². The highest BCUT2D eigenvalue weighted by Gasteiger charge is 2.59. The fraction of sp³-hybridized carbons (Fsp3) is 0.409. The molecular formula is C22H23N3O3. The lowest BCUT2D eigenvalue weighted by Crippen LogP contribution is -2.42. The van der Waals surface area contributed by atoms with Crippen molar-refractivity contribution in [1.82, 2.24) is 14.8 Å². The molecule has 4 atom stereocenters. The van der Waals surface area contributed by atoms with E-state index in [0.29, 0.717) is 6.54 Å². The summed E-state index contributed by atoms with van der Waals surface area (Å²) in [5.74, 6) is -0.720. The molecule has 0 spiro atoms. The Bertz CT molecular complexity index is 962. The van der Waals surface area contributed by atoms with E-state index in [-0.39, 0.29) is 47.9 Å². The van der Waals surface area contributed by atoms with Gasteiger partial charge in [-0.3, -0.25) is 19.3 Å². The van der Waals surface area contributed by atoms with Gasteiger partial charge >= 0.3 is 0 Å². The van der Waals surface area contributed by atoms with Gasteiger partial charge in [0, 0.05) is 24.8 Å². The highest BCUT2D eigenvalue weighted by Crippen LogP contribution is 2.52. The van der Waals surface area contributed by atoms with Crippen molar-refractivity contribution in [3.8, 4) is 0 Å². The van der Waals surface area contributed by atoms with Gasteiger partial charge in [-0.2, -0.15) is 0 Å². The van der Waals surface area contributed by atoms with Crippen molar-refractivity contribution in [2.45, 2.75) is 19.4 Å². The summed E-state index contributed by atoms with van der Waals surface area (Å²) in [6.45, 7) is 1.16. The summed E-state index contributed by atoms with van der Waals surface area (Å²) in [5.41, 5.74) is 1.18. The van der Waals surface area contributed by atoms with Gasteiger partial charge in [0.25, 0.3) is 0 Å². The second-order valence-electron chi connectivity index (χ2n) is 8.03. The van der Waals surface area contributed by atoms with Crippen LogP contribution in [-0.2, 0) is 20.9 Å². The first-order chi connectivity index (χ1) is 13.6. The number of imide groups is 1. The summed E-state index contributed by atoms with van der Waals surface area (Å²) in [7, 11) is 0. The molecule has 2 bridgehead atoms. The van der Waals surface area contributed by atoms with Crippen LogP contribution in [0.3, 0.4) is 0 Å². The number of aryl methyl sites for hydroxylation is 1. The molecule has 2 aliphatic carbocycles. The average Bonchev–Trinajstić information content (AvgIpc) is 3.46. The number of benzene rings is 1. The number of para-hydroxylation sites is 1. The summed E-state index contributed by atoms with van der Waals surface area (Å²) < 4.78 is 2.17. The molecular weight excluding hydrogens is 354 g/mol.